The van der Waals surface area contributed by atoms with Gasteiger partial charge >= 0.3 is 5.97 Å². The van der Waals surface area contributed by atoms with Crippen LogP contribution in [0.3, 0.4) is 0 Å². The maximum Gasteiger partial charge on any atom is 0.332 e. The van der Waals surface area contributed by atoms with Crippen LogP contribution in [0.15, 0.2) is 59.1 Å². The second-order valence-corrected chi connectivity index (χ2v) is 11.7. The molecule has 0 aliphatic carbocycles. The lowest BCUT2D eigenvalue weighted by molar-refractivity contribution is -0.158. The van der Waals surface area contributed by atoms with Gasteiger partial charge in [-0.25, -0.2) is 9.78 Å². The molecule has 35 heavy (non-hydrogen) atoms. The molecule has 0 unspecified atom stereocenters. The van der Waals surface area contributed by atoms with Crippen molar-refractivity contribution in [2.45, 2.75) is 46.3 Å². The smallest absolute Gasteiger partial charge is 0.332 e. The monoisotopic (exact) mass is 571 g/mol. The van der Waals surface area contributed by atoms with E-state index < -0.39 is 17.7 Å². The lowest BCUT2D eigenvalue weighted by atomic mass is 9.92. The Kier molecular flexibility index (Phi) is 7.67. The minimum Gasteiger partial charge on any atom is -0.456 e. The van der Waals surface area contributed by atoms with Gasteiger partial charge in [0.05, 0.1) is 15.8 Å². The van der Waals surface area contributed by atoms with Gasteiger partial charge in [0.2, 0.25) is 0 Å². The van der Waals surface area contributed by atoms with Crippen LogP contribution in [0.2, 0.25) is 5.02 Å². The molecule has 0 N–H and O–H groups in total. The number of ether oxygens (including phenoxy) is 2. The molecule has 0 amide bonds. The van der Waals surface area contributed by atoms with Crippen molar-refractivity contribution in [3.8, 4) is 21.7 Å². The molecule has 0 radical (unpaired) electrons. The maximum atomic E-state index is 12.6. The topological polar surface area (TPSA) is 48.4 Å². The van der Waals surface area contributed by atoms with Gasteiger partial charge in [-0.05, 0) is 76.1 Å². The van der Waals surface area contributed by atoms with Crippen molar-refractivity contribution in [2.75, 3.05) is 6.61 Å². The lowest BCUT2D eigenvalue weighted by Gasteiger charge is -2.22. The number of fused-ring (bicyclic) bond motifs is 1. The van der Waals surface area contributed by atoms with Crippen LogP contribution in [-0.2, 0) is 14.3 Å². The largest absolute Gasteiger partial charge is 0.456 e. The Morgan fingerprint density at radius 3 is 2.34 bits per heavy atom. The van der Waals surface area contributed by atoms with Gasteiger partial charge in [-0.1, -0.05) is 51.8 Å². The number of aromatic nitrogens is 1. The fourth-order valence-electron chi connectivity index (χ4n) is 3.92. The molecule has 0 fully saturated rings. The second-order valence-electron chi connectivity index (χ2n) is 9.40. The van der Waals surface area contributed by atoms with Crippen molar-refractivity contribution in [1.82, 2.24) is 4.98 Å². The molecule has 4 aromatic rings. The summed E-state index contributed by atoms with van der Waals surface area (Å²) >= 11 is 11.3. The van der Waals surface area contributed by atoms with E-state index in [-0.39, 0.29) is 6.61 Å². The number of hydrogen-bond donors (Lipinski definition) is 0. The van der Waals surface area contributed by atoms with Gasteiger partial charge < -0.3 is 9.47 Å². The number of esters is 1. The van der Waals surface area contributed by atoms with Crippen LogP contribution in [0, 0.1) is 6.92 Å². The van der Waals surface area contributed by atoms with Gasteiger partial charge in [0, 0.05) is 26.2 Å². The fraction of sp³-hybridized carbons (Fsp3) is 0.286. The van der Waals surface area contributed by atoms with E-state index in [0.717, 1.165) is 47.5 Å². The third kappa shape index (κ3) is 6.12. The Morgan fingerprint density at radius 1 is 1.09 bits per heavy atom. The van der Waals surface area contributed by atoms with E-state index in [1.807, 2.05) is 71.0 Å². The zero-order valence-corrected chi connectivity index (χ0v) is 23.5. The van der Waals surface area contributed by atoms with Crippen LogP contribution in [0.4, 0.5) is 0 Å². The highest BCUT2D eigenvalue weighted by Crippen LogP contribution is 2.43. The molecular formula is C28H27BrClNO3S. The summed E-state index contributed by atoms with van der Waals surface area (Å²) in [5.74, 6) is -0.395. The van der Waals surface area contributed by atoms with Crippen molar-refractivity contribution in [1.29, 1.82) is 0 Å². The molecular weight excluding hydrogens is 546 g/mol. The van der Waals surface area contributed by atoms with E-state index in [4.69, 9.17) is 26.1 Å². The second kappa shape index (κ2) is 10.4. The summed E-state index contributed by atoms with van der Waals surface area (Å²) in [5.41, 5.74) is 5.51. The quantitative estimate of drug-likeness (QED) is 0.217. The molecule has 1 atom stereocenters. The number of halogens is 2. The predicted octanol–water partition coefficient (Wildman–Crippen LogP) is 8.77. The summed E-state index contributed by atoms with van der Waals surface area (Å²) < 4.78 is 13.5. The van der Waals surface area contributed by atoms with Crippen molar-refractivity contribution < 1.29 is 14.3 Å². The van der Waals surface area contributed by atoms with Gasteiger partial charge in [0.1, 0.15) is 17.7 Å². The van der Waals surface area contributed by atoms with E-state index in [9.17, 15) is 4.79 Å². The lowest BCUT2D eigenvalue weighted by Crippen LogP contribution is -2.25. The molecule has 0 spiro atoms. The van der Waals surface area contributed by atoms with E-state index >= 15 is 0 Å². The van der Waals surface area contributed by atoms with Gasteiger partial charge in [0.15, 0.2) is 0 Å². The first-order valence-corrected chi connectivity index (χ1v) is 13.3. The summed E-state index contributed by atoms with van der Waals surface area (Å²) in [6, 6.07) is 17.9. The normalized spacial score (nSPS) is 12.7. The van der Waals surface area contributed by atoms with E-state index in [1.165, 1.54) is 0 Å². The number of carbonyl (C=O) groups excluding carboxylic acids is 1. The minimum absolute atomic E-state index is 0.0975. The van der Waals surface area contributed by atoms with Crippen LogP contribution in [-0.4, -0.2) is 23.2 Å². The van der Waals surface area contributed by atoms with Crippen LogP contribution < -0.4 is 0 Å². The van der Waals surface area contributed by atoms with E-state index in [0.29, 0.717) is 5.02 Å². The highest BCUT2D eigenvalue weighted by atomic mass is 79.9. The van der Waals surface area contributed by atoms with Crippen LogP contribution >= 0.6 is 38.9 Å². The van der Waals surface area contributed by atoms with Gasteiger partial charge in [-0.15, -0.1) is 11.3 Å². The molecule has 0 bridgehead atoms. The Bertz CT molecular complexity index is 1360. The van der Waals surface area contributed by atoms with Crippen LogP contribution in [0.5, 0.6) is 0 Å². The number of rotatable bonds is 6. The van der Waals surface area contributed by atoms with Crippen molar-refractivity contribution in [3.05, 3.63) is 75.2 Å². The van der Waals surface area contributed by atoms with Crippen molar-refractivity contribution in [2.24, 2.45) is 0 Å². The number of benzene rings is 3. The minimum atomic E-state index is -0.473. The van der Waals surface area contributed by atoms with E-state index in [2.05, 4.69) is 34.1 Å². The van der Waals surface area contributed by atoms with E-state index in [1.54, 1.807) is 11.3 Å². The van der Waals surface area contributed by atoms with Crippen LogP contribution in [0.1, 0.15) is 44.9 Å². The Hall–Kier alpha value is -2.25. The maximum absolute atomic E-state index is 12.6. The first-order valence-electron chi connectivity index (χ1n) is 11.3. The molecule has 4 nitrogen and oxygen atoms in total. The van der Waals surface area contributed by atoms with Gasteiger partial charge in [-0.3, -0.25) is 0 Å². The molecule has 1 heterocycles. The summed E-state index contributed by atoms with van der Waals surface area (Å²) in [7, 11) is 0. The molecule has 182 valence electrons. The number of aryl methyl sites for hydroxylation is 1. The first-order chi connectivity index (χ1) is 16.5. The first kappa shape index (κ1) is 25.8. The Balaban J connectivity index is 1.82. The SMILES string of the molecule is Cc1cc2nc(-c3ccc(Br)cc3)sc2c(-c2ccc(Cl)cc2)c1[C@H](C)OC(=O)COC(C)(C)C. The zero-order chi connectivity index (χ0) is 25.3. The van der Waals surface area contributed by atoms with Gasteiger partial charge in [-0.2, -0.15) is 0 Å². The molecule has 0 saturated carbocycles. The third-order valence-electron chi connectivity index (χ3n) is 5.49. The summed E-state index contributed by atoms with van der Waals surface area (Å²) in [6.45, 7) is 9.56. The molecule has 4 rings (SSSR count). The average molecular weight is 573 g/mol. The third-order valence-corrected chi connectivity index (χ3v) is 7.41. The number of nitrogens with zero attached hydrogens (tertiary/aromatic N) is 1. The summed E-state index contributed by atoms with van der Waals surface area (Å²) in [4.78, 5) is 17.5. The average Bonchev–Trinajstić information content (AvgIpc) is 3.21. The standard InChI is InChI=1S/C28H27BrClNO3S/c1-16-14-22-26(35-27(31-22)19-6-10-20(29)11-7-19)25(18-8-12-21(30)13-9-18)24(16)17(2)34-23(32)15-33-28(3,4)5/h6-14,17H,15H2,1-5H3/t17-/m0/s1. The molecule has 0 aliphatic heterocycles. The van der Waals surface area contributed by atoms with Crippen LogP contribution in [0.25, 0.3) is 31.9 Å². The molecule has 0 saturated heterocycles. The zero-order valence-electron chi connectivity index (χ0n) is 20.3. The molecule has 7 heteroatoms. The van der Waals surface area contributed by atoms with Gasteiger partial charge in [0.25, 0.3) is 0 Å². The Morgan fingerprint density at radius 2 is 1.71 bits per heavy atom. The fourth-order valence-corrected chi connectivity index (χ4v) is 5.44. The Labute approximate surface area is 223 Å². The highest BCUT2D eigenvalue weighted by molar-refractivity contribution is 9.10. The highest BCUT2D eigenvalue weighted by Gasteiger charge is 2.24. The van der Waals surface area contributed by atoms with Crippen molar-refractivity contribution in [3.63, 3.8) is 0 Å². The molecule has 1 aromatic heterocycles. The summed E-state index contributed by atoms with van der Waals surface area (Å²) in [5, 5.41) is 1.60. The van der Waals surface area contributed by atoms with Crippen molar-refractivity contribution >= 4 is 55.1 Å². The number of thiazole rings is 1. The molecule has 0 aliphatic rings. The number of hydrogen-bond acceptors (Lipinski definition) is 5. The predicted molar refractivity (Wildman–Crippen MR) is 148 cm³/mol. The number of carbonyl (C=O) groups is 1. The molecule has 3 aromatic carbocycles. The summed E-state index contributed by atoms with van der Waals surface area (Å²) in [6.07, 6.45) is -0.473.